The van der Waals surface area contributed by atoms with Crippen LogP contribution in [0.15, 0.2) is 60.7 Å². The summed E-state index contributed by atoms with van der Waals surface area (Å²) in [5, 5.41) is 36.9. The second-order valence-corrected chi connectivity index (χ2v) is 17.8. The minimum atomic E-state index is -1.51. The largest absolute Gasteiger partial charge is 0.480 e. The van der Waals surface area contributed by atoms with Gasteiger partial charge in [0.2, 0.25) is 41.4 Å². The van der Waals surface area contributed by atoms with Gasteiger partial charge in [0.25, 0.3) is 0 Å². The third-order valence-corrected chi connectivity index (χ3v) is 10.6. The number of benzene rings is 2. The van der Waals surface area contributed by atoms with Crippen molar-refractivity contribution in [3.05, 3.63) is 71.8 Å². The molecule has 64 heavy (non-hydrogen) atoms. The number of amides is 7. The number of carboxylic acid groups (broad SMARTS) is 1. The predicted octanol–water partition coefficient (Wildman–Crippen LogP) is 0.402. The van der Waals surface area contributed by atoms with Gasteiger partial charge in [-0.15, -0.1) is 0 Å². The van der Waals surface area contributed by atoms with Crippen LogP contribution in [0.1, 0.15) is 71.9 Å². The van der Waals surface area contributed by atoms with E-state index in [1.165, 1.54) is 11.8 Å². The van der Waals surface area contributed by atoms with Crippen molar-refractivity contribution in [2.24, 2.45) is 23.5 Å². The van der Waals surface area contributed by atoms with E-state index in [9.17, 15) is 43.5 Å². The molecular formula is C45H68N8O10S. The second-order valence-electron chi connectivity index (χ2n) is 16.9. The fourth-order valence-corrected chi connectivity index (χ4v) is 7.03. The molecule has 0 unspecified atom stereocenters. The van der Waals surface area contributed by atoms with Gasteiger partial charge in [-0.2, -0.15) is 11.8 Å². The van der Waals surface area contributed by atoms with E-state index < -0.39 is 109 Å². The highest BCUT2D eigenvalue weighted by atomic mass is 32.2. The fraction of sp³-hybridized carbons (Fsp3) is 0.556. The van der Waals surface area contributed by atoms with Gasteiger partial charge in [-0.05, 0) is 66.6 Å². The molecule has 0 aliphatic heterocycles. The van der Waals surface area contributed by atoms with Crippen molar-refractivity contribution in [3.63, 3.8) is 0 Å². The summed E-state index contributed by atoms with van der Waals surface area (Å²) in [6.45, 7) is 9.24. The maximum atomic E-state index is 14.2. The number of nitrogens with one attached hydrogen (secondary N) is 7. The van der Waals surface area contributed by atoms with Gasteiger partial charge >= 0.3 is 5.97 Å². The SMILES string of the molecule is CSCC[C@H](NC(=O)[C@@H](NC(=O)[C@H](CC(C)C)NC(=O)[C@@H](N)Cc1ccccc1)C(C)C)C(=O)N[C@@H](Cc1ccccc1)C(=O)N[C@@H](CC(C)C)C(=O)N[C@@H](CO)C(=O)NCC(=O)O. The molecule has 7 atom stereocenters. The molecule has 2 aromatic rings. The minimum Gasteiger partial charge on any atom is -0.480 e. The lowest BCUT2D eigenvalue weighted by atomic mass is 9.98. The Morgan fingerprint density at radius 2 is 1.00 bits per heavy atom. The fourth-order valence-electron chi connectivity index (χ4n) is 6.56. The van der Waals surface area contributed by atoms with Crippen LogP contribution in [0.4, 0.5) is 0 Å². The number of nitrogens with two attached hydrogens (primary N) is 1. The Labute approximate surface area is 380 Å². The summed E-state index contributed by atoms with van der Waals surface area (Å²) in [5.74, 6) is -6.54. The molecule has 11 N–H and O–H groups in total. The summed E-state index contributed by atoms with van der Waals surface area (Å²) in [6.07, 6.45) is 2.56. The van der Waals surface area contributed by atoms with Crippen LogP contribution in [0, 0.1) is 17.8 Å². The van der Waals surface area contributed by atoms with E-state index in [1.807, 2.05) is 50.4 Å². The highest BCUT2D eigenvalue weighted by Crippen LogP contribution is 2.13. The number of carbonyl (C=O) groups excluding carboxylic acids is 7. The molecule has 0 radical (unpaired) electrons. The quantitative estimate of drug-likeness (QED) is 0.0556. The molecule has 2 rings (SSSR count). The van der Waals surface area contributed by atoms with Gasteiger partial charge in [0.1, 0.15) is 42.8 Å². The van der Waals surface area contributed by atoms with Crippen LogP contribution >= 0.6 is 11.8 Å². The van der Waals surface area contributed by atoms with Crippen molar-refractivity contribution in [3.8, 4) is 0 Å². The smallest absolute Gasteiger partial charge is 0.322 e. The average Bonchev–Trinajstić information content (AvgIpc) is 3.24. The standard InChI is InChI=1S/C45H68N8O10S/c1-26(2)20-33(42(60)52-36(25-54)40(58)47-24-37(55)56)50-43(61)35(23-30-16-12-9-13-17-30)51-41(59)32(18-19-64-7)48-45(63)38(28(5)6)53-44(62)34(21-27(3)4)49-39(57)31(46)22-29-14-10-8-11-15-29/h8-17,26-28,31-36,38,54H,18-25,46H2,1-7H3,(H,47,58)(H,48,63)(H,49,57)(H,50,61)(H,51,59)(H,52,60)(H,53,62)(H,55,56)/t31-,32-,33-,34-,35-,36-,38-/m0/s1. The van der Waals surface area contributed by atoms with Crippen molar-refractivity contribution in [1.82, 2.24) is 37.2 Å². The lowest BCUT2D eigenvalue weighted by Gasteiger charge is -2.29. The molecule has 0 spiro atoms. The number of hydrogen-bond donors (Lipinski definition) is 10. The summed E-state index contributed by atoms with van der Waals surface area (Å²) in [4.78, 5) is 106. The molecule has 0 saturated carbocycles. The van der Waals surface area contributed by atoms with Crippen molar-refractivity contribution in [2.75, 3.05) is 25.2 Å². The zero-order valence-electron chi connectivity index (χ0n) is 37.8. The number of thioether (sulfide) groups is 1. The monoisotopic (exact) mass is 912 g/mol. The highest BCUT2D eigenvalue weighted by Gasteiger charge is 2.35. The van der Waals surface area contributed by atoms with Crippen LogP contribution < -0.4 is 43.0 Å². The normalized spacial score (nSPS) is 14.5. The Balaban J connectivity index is 2.33. The molecule has 0 saturated heterocycles. The van der Waals surface area contributed by atoms with Crippen LogP contribution in [-0.4, -0.2) is 125 Å². The Bertz CT molecular complexity index is 1840. The maximum absolute atomic E-state index is 14.2. The number of carboxylic acids is 1. The zero-order valence-corrected chi connectivity index (χ0v) is 38.7. The van der Waals surface area contributed by atoms with Crippen LogP contribution in [-0.2, 0) is 51.2 Å². The molecule has 18 nitrogen and oxygen atoms in total. The lowest BCUT2D eigenvalue weighted by molar-refractivity contribution is -0.139. The van der Waals surface area contributed by atoms with E-state index in [-0.39, 0.29) is 43.9 Å². The Morgan fingerprint density at radius 1 is 0.562 bits per heavy atom. The third kappa shape index (κ3) is 19.9. The second kappa shape index (κ2) is 28.3. The number of aliphatic hydroxyl groups excluding tert-OH is 1. The minimum absolute atomic E-state index is 0.0159. The summed E-state index contributed by atoms with van der Waals surface area (Å²) < 4.78 is 0. The van der Waals surface area contributed by atoms with Crippen LogP contribution in [0.2, 0.25) is 0 Å². The van der Waals surface area contributed by atoms with E-state index in [0.29, 0.717) is 11.3 Å². The Morgan fingerprint density at radius 3 is 1.48 bits per heavy atom. The van der Waals surface area contributed by atoms with Crippen molar-refractivity contribution >= 4 is 59.1 Å². The first-order valence-corrected chi connectivity index (χ1v) is 22.9. The van der Waals surface area contributed by atoms with Gasteiger partial charge in [0.15, 0.2) is 0 Å². The van der Waals surface area contributed by atoms with E-state index >= 15 is 0 Å². The van der Waals surface area contributed by atoms with E-state index in [1.54, 1.807) is 58.0 Å². The summed E-state index contributed by atoms with van der Waals surface area (Å²) in [5.41, 5.74) is 7.74. The summed E-state index contributed by atoms with van der Waals surface area (Å²) >= 11 is 1.43. The van der Waals surface area contributed by atoms with Crippen LogP contribution in [0.5, 0.6) is 0 Å². The molecule has 0 heterocycles. The maximum Gasteiger partial charge on any atom is 0.322 e. The first-order valence-electron chi connectivity index (χ1n) is 21.5. The number of aliphatic hydroxyl groups is 1. The Hall–Kier alpha value is -5.53. The average molecular weight is 913 g/mol. The van der Waals surface area contributed by atoms with E-state index in [2.05, 4.69) is 37.2 Å². The molecular weight excluding hydrogens is 845 g/mol. The molecule has 0 fully saturated rings. The molecule has 0 aliphatic rings. The topological polar surface area (TPSA) is 287 Å². The first-order chi connectivity index (χ1) is 30.2. The predicted molar refractivity (Wildman–Crippen MR) is 244 cm³/mol. The third-order valence-electron chi connectivity index (χ3n) is 9.95. The van der Waals surface area contributed by atoms with Gasteiger partial charge < -0.3 is 53.2 Å². The number of carbonyl (C=O) groups is 8. The van der Waals surface area contributed by atoms with Gasteiger partial charge in [-0.1, -0.05) is 102 Å². The first kappa shape index (κ1) is 54.6. The molecule has 7 amide bonds. The van der Waals surface area contributed by atoms with Crippen LogP contribution in [0.25, 0.3) is 0 Å². The molecule has 2 aromatic carbocycles. The highest BCUT2D eigenvalue weighted by molar-refractivity contribution is 7.98. The van der Waals surface area contributed by atoms with Crippen molar-refractivity contribution in [1.29, 1.82) is 0 Å². The van der Waals surface area contributed by atoms with Crippen LogP contribution in [0.3, 0.4) is 0 Å². The van der Waals surface area contributed by atoms with Gasteiger partial charge in [-0.25, -0.2) is 0 Å². The van der Waals surface area contributed by atoms with Crippen molar-refractivity contribution in [2.45, 2.75) is 116 Å². The number of aliphatic carboxylic acids is 1. The van der Waals surface area contributed by atoms with Gasteiger partial charge in [-0.3, -0.25) is 38.4 Å². The van der Waals surface area contributed by atoms with Gasteiger partial charge in [0.05, 0.1) is 12.6 Å². The summed E-state index contributed by atoms with van der Waals surface area (Å²) in [7, 11) is 0. The molecule has 0 aliphatic carbocycles. The zero-order chi connectivity index (χ0) is 47.9. The Kier molecular flexibility index (Phi) is 24.1. The lowest BCUT2D eigenvalue weighted by Crippen LogP contribution is -2.61. The van der Waals surface area contributed by atoms with Gasteiger partial charge in [0, 0.05) is 6.42 Å². The van der Waals surface area contributed by atoms with Crippen molar-refractivity contribution < 1.29 is 48.6 Å². The number of rotatable bonds is 28. The summed E-state index contributed by atoms with van der Waals surface area (Å²) in [6, 6.07) is 9.75. The molecule has 0 bridgehead atoms. The van der Waals surface area contributed by atoms with E-state index in [4.69, 9.17) is 10.8 Å². The molecule has 0 aromatic heterocycles. The number of hydrogen-bond acceptors (Lipinski definition) is 11. The van der Waals surface area contributed by atoms with E-state index in [0.717, 1.165) is 5.56 Å². The molecule has 354 valence electrons. The molecule has 19 heteroatoms.